The third-order valence-electron chi connectivity index (χ3n) is 7.09. The summed E-state index contributed by atoms with van der Waals surface area (Å²) in [6.45, 7) is 7.03. The molecule has 148 valence electrons. The maximum absolute atomic E-state index is 10.9. The molecule has 4 rings (SSSR count). The molecule has 4 aliphatic rings. The van der Waals surface area contributed by atoms with E-state index in [-0.39, 0.29) is 5.60 Å². The van der Waals surface area contributed by atoms with Gasteiger partial charge in [0.15, 0.2) is 11.6 Å². The minimum atomic E-state index is -0.659. The Labute approximate surface area is 157 Å². The first-order valence-corrected chi connectivity index (χ1v) is 10.4. The van der Waals surface area contributed by atoms with Crippen molar-refractivity contribution >= 4 is 0 Å². The standard InChI is InChI=1S/C21H34O5/c1-4-19(16(2)24-19)12-8-17(22)18(3)13-14-21(25-18)11-7-10-20(26-21)9-5-6-15-23-20/h7,10,16-17,22H,4-6,8-9,11-15H2,1-3H3/t16-,17+,18-,19-,20+,21-/m0/s1. The third kappa shape index (κ3) is 3.26. The van der Waals surface area contributed by atoms with Gasteiger partial charge in [0, 0.05) is 19.3 Å². The van der Waals surface area contributed by atoms with Gasteiger partial charge in [-0.05, 0) is 58.4 Å². The maximum Gasteiger partial charge on any atom is 0.191 e. The van der Waals surface area contributed by atoms with Crippen LogP contribution in [0.15, 0.2) is 12.2 Å². The first-order valence-electron chi connectivity index (χ1n) is 10.4. The molecule has 4 heterocycles. The predicted molar refractivity (Wildman–Crippen MR) is 97.6 cm³/mol. The van der Waals surface area contributed by atoms with Crippen molar-refractivity contribution in [2.75, 3.05) is 6.61 Å². The minimum Gasteiger partial charge on any atom is -0.390 e. The average Bonchev–Trinajstić information content (AvgIpc) is 3.17. The van der Waals surface area contributed by atoms with Crippen molar-refractivity contribution in [2.24, 2.45) is 0 Å². The van der Waals surface area contributed by atoms with Crippen molar-refractivity contribution in [3.8, 4) is 0 Å². The van der Waals surface area contributed by atoms with E-state index in [1.54, 1.807) is 0 Å². The number of hydrogen-bond acceptors (Lipinski definition) is 5. The van der Waals surface area contributed by atoms with Crippen LogP contribution in [-0.4, -0.2) is 46.7 Å². The van der Waals surface area contributed by atoms with Gasteiger partial charge in [-0.2, -0.15) is 0 Å². The molecular formula is C21H34O5. The second-order valence-electron chi connectivity index (χ2n) is 8.88. The summed E-state index contributed by atoms with van der Waals surface area (Å²) >= 11 is 0. The van der Waals surface area contributed by atoms with E-state index in [4.69, 9.17) is 18.9 Å². The molecule has 4 aliphatic heterocycles. The highest BCUT2D eigenvalue weighted by molar-refractivity contribution is 5.09. The van der Waals surface area contributed by atoms with E-state index >= 15 is 0 Å². The zero-order valence-electron chi connectivity index (χ0n) is 16.5. The second kappa shape index (κ2) is 6.56. The molecule has 2 spiro atoms. The number of rotatable bonds is 5. The number of aliphatic hydroxyl groups excluding tert-OH is 1. The van der Waals surface area contributed by atoms with Crippen molar-refractivity contribution in [3.05, 3.63) is 12.2 Å². The van der Waals surface area contributed by atoms with Crippen LogP contribution in [0.5, 0.6) is 0 Å². The van der Waals surface area contributed by atoms with Crippen LogP contribution < -0.4 is 0 Å². The predicted octanol–water partition coefficient (Wildman–Crippen LogP) is 3.83. The zero-order chi connectivity index (χ0) is 18.5. The summed E-state index contributed by atoms with van der Waals surface area (Å²) in [5, 5.41) is 10.9. The van der Waals surface area contributed by atoms with Crippen LogP contribution in [0.3, 0.4) is 0 Å². The normalized spacial score (nSPS) is 49.0. The summed E-state index contributed by atoms with van der Waals surface area (Å²) in [5.74, 6) is -1.29. The first kappa shape index (κ1) is 18.9. The van der Waals surface area contributed by atoms with Crippen LogP contribution in [0, 0.1) is 0 Å². The lowest BCUT2D eigenvalue weighted by molar-refractivity contribution is -0.361. The molecule has 0 aromatic heterocycles. The lowest BCUT2D eigenvalue weighted by atomic mass is 9.87. The van der Waals surface area contributed by atoms with Gasteiger partial charge in [-0.1, -0.05) is 13.0 Å². The van der Waals surface area contributed by atoms with E-state index in [1.807, 2.05) is 6.92 Å². The number of hydrogen-bond donors (Lipinski definition) is 1. The number of ether oxygens (including phenoxy) is 4. The van der Waals surface area contributed by atoms with E-state index in [0.717, 1.165) is 58.0 Å². The summed E-state index contributed by atoms with van der Waals surface area (Å²) in [7, 11) is 0. The molecule has 0 radical (unpaired) electrons. The van der Waals surface area contributed by atoms with Crippen LogP contribution in [-0.2, 0) is 18.9 Å². The Morgan fingerprint density at radius 3 is 2.65 bits per heavy atom. The molecule has 0 saturated carbocycles. The highest BCUT2D eigenvalue weighted by Crippen LogP contribution is 2.50. The summed E-state index contributed by atoms with van der Waals surface area (Å²) in [5.41, 5.74) is -0.605. The second-order valence-corrected chi connectivity index (χ2v) is 8.88. The summed E-state index contributed by atoms with van der Waals surface area (Å²) < 4.78 is 24.7. The third-order valence-corrected chi connectivity index (χ3v) is 7.09. The molecule has 1 N–H and O–H groups in total. The SMILES string of the molecule is CC[C@@]1(CC[C@@H](O)[C@]2(C)CC[C@@]3(CC=C[C@@]4(CCCCO4)O3)O2)O[C@H]1C. The zero-order valence-corrected chi connectivity index (χ0v) is 16.5. The Bertz CT molecular complexity index is 553. The molecule has 0 aliphatic carbocycles. The van der Waals surface area contributed by atoms with E-state index in [0.29, 0.717) is 12.5 Å². The summed E-state index contributed by atoms with van der Waals surface area (Å²) in [6.07, 6.45) is 11.9. The Kier molecular flexibility index (Phi) is 4.76. The van der Waals surface area contributed by atoms with Crippen molar-refractivity contribution in [2.45, 2.75) is 114 Å². The number of epoxide rings is 1. The van der Waals surface area contributed by atoms with E-state index in [9.17, 15) is 5.11 Å². The largest absolute Gasteiger partial charge is 0.390 e. The maximum atomic E-state index is 10.9. The van der Waals surface area contributed by atoms with Gasteiger partial charge in [-0.15, -0.1) is 0 Å². The van der Waals surface area contributed by atoms with Gasteiger partial charge >= 0.3 is 0 Å². The van der Waals surface area contributed by atoms with E-state index in [1.165, 1.54) is 0 Å². The Hall–Kier alpha value is -0.460. The summed E-state index contributed by atoms with van der Waals surface area (Å²) in [6, 6.07) is 0. The molecule has 26 heavy (non-hydrogen) atoms. The monoisotopic (exact) mass is 366 g/mol. The van der Waals surface area contributed by atoms with Crippen molar-refractivity contribution in [1.82, 2.24) is 0 Å². The van der Waals surface area contributed by atoms with E-state index in [2.05, 4.69) is 26.0 Å². The smallest absolute Gasteiger partial charge is 0.191 e. The molecule has 6 atom stereocenters. The fraction of sp³-hybridized carbons (Fsp3) is 0.905. The van der Waals surface area contributed by atoms with Gasteiger partial charge in [0.25, 0.3) is 0 Å². The molecule has 3 saturated heterocycles. The fourth-order valence-electron chi connectivity index (χ4n) is 5.04. The molecular weight excluding hydrogens is 332 g/mol. The lowest BCUT2D eigenvalue weighted by Crippen LogP contribution is -2.51. The Morgan fingerprint density at radius 2 is 2.00 bits per heavy atom. The van der Waals surface area contributed by atoms with Gasteiger partial charge in [0.1, 0.15) is 0 Å². The van der Waals surface area contributed by atoms with Gasteiger partial charge < -0.3 is 24.1 Å². The number of aliphatic hydroxyl groups is 1. The molecule has 3 fully saturated rings. The highest BCUT2D eigenvalue weighted by atomic mass is 16.8. The first-order chi connectivity index (χ1) is 12.4. The van der Waals surface area contributed by atoms with Gasteiger partial charge in [0.05, 0.1) is 30.0 Å². The van der Waals surface area contributed by atoms with Crippen molar-refractivity contribution < 1.29 is 24.1 Å². The van der Waals surface area contributed by atoms with Gasteiger partial charge in [0.2, 0.25) is 0 Å². The molecule has 5 nitrogen and oxygen atoms in total. The van der Waals surface area contributed by atoms with Crippen molar-refractivity contribution in [1.29, 1.82) is 0 Å². The molecule has 0 aromatic rings. The van der Waals surface area contributed by atoms with Crippen LogP contribution in [0.4, 0.5) is 0 Å². The molecule has 0 bridgehead atoms. The highest BCUT2D eigenvalue weighted by Gasteiger charge is 2.56. The lowest BCUT2D eigenvalue weighted by Gasteiger charge is -2.45. The molecule has 0 aromatic carbocycles. The minimum absolute atomic E-state index is 0.0301. The quantitative estimate of drug-likeness (QED) is 0.592. The summed E-state index contributed by atoms with van der Waals surface area (Å²) in [4.78, 5) is 0. The topological polar surface area (TPSA) is 60.5 Å². The average molecular weight is 366 g/mol. The van der Waals surface area contributed by atoms with E-state index < -0.39 is 23.3 Å². The molecule has 0 amide bonds. The van der Waals surface area contributed by atoms with Gasteiger partial charge in [-0.25, -0.2) is 0 Å². The molecule has 5 heteroatoms. The Morgan fingerprint density at radius 1 is 1.19 bits per heavy atom. The van der Waals surface area contributed by atoms with Crippen molar-refractivity contribution in [3.63, 3.8) is 0 Å². The van der Waals surface area contributed by atoms with Crippen LogP contribution >= 0.6 is 0 Å². The fourth-order valence-corrected chi connectivity index (χ4v) is 5.04. The van der Waals surface area contributed by atoms with Crippen LogP contribution in [0.2, 0.25) is 0 Å². The van der Waals surface area contributed by atoms with Crippen LogP contribution in [0.1, 0.15) is 78.6 Å². The Balaban J connectivity index is 1.39. The van der Waals surface area contributed by atoms with Gasteiger partial charge in [-0.3, -0.25) is 0 Å². The van der Waals surface area contributed by atoms with Crippen LogP contribution in [0.25, 0.3) is 0 Å². The molecule has 0 unspecified atom stereocenters.